The third-order valence-electron chi connectivity index (χ3n) is 4.13. The second-order valence-corrected chi connectivity index (χ2v) is 5.75. The van der Waals surface area contributed by atoms with Crippen LogP contribution in [0.2, 0.25) is 0 Å². The number of nitrogens with zero attached hydrogens (tertiary/aromatic N) is 4. The molecule has 130 valence electrons. The van der Waals surface area contributed by atoms with Crippen molar-refractivity contribution in [3.8, 4) is 5.75 Å². The maximum absolute atomic E-state index is 12.6. The molecule has 3 rings (SSSR count). The van der Waals surface area contributed by atoms with Gasteiger partial charge in [-0.15, -0.1) is 5.10 Å². The second-order valence-electron chi connectivity index (χ2n) is 5.75. The summed E-state index contributed by atoms with van der Waals surface area (Å²) in [5.74, 6) is -0.272. The number of nitrogens with one attached hydrogen (secondary N) is 1. The summed E-state index contributed by atoms with van der Waals surface area (Å²) in [6, 6.07) is 7.75. The normalized spacial score (nSPS) is 15.0. The molecule has 9 nitrogen and oxygen atoms in total. The minimum atomic E-state index is -0.731. The van der Waals surface area contributed by atoms with Gasteiger partial charge in [-0.25, -0.2) is 0 Å². The molecule has 0 radical (unpaired) electrons. The lowest BCUT2D eigenvalue weighted by molar-refractivity contribution is -0.386. The molecule has 1 aliphatic heterocycles. The molecule has 1 amide bonds. The number of nitro benzene ring substituents is 1. The molecule has 0 bridgehead atoms. The van der Waals surface area contributed by atoms with Gasteiger partial charge in [0.2, 0.25) is 0 Å². The van der Waals surface area contributed by atoms with Crippen molar-refractivity contribution in [1.29, 1.82) is 0 Å². The van der Waals surface area contributed by atoms with Crippen LogP contribution in [-0.2, 0) is 0 Å². The molecule has 9 heteroatoms. The zero-order valence-corrected chi connectivity index (χ0v) is 13.3. The molecule has 0 saturated carbocycles. The van der Waals surface area contributed by atoms with Crippen LogP contribution in [0.25, 0.3) is 0 Å². The van der Waals surface area contributed by atoms with Gasteiger partial charge in [-0.05, 0) is 37.1 Å². The highest BCUT2D eigenvalue weighted by Gasteiger charge is 2.30. The molecule has 1 aromatic carbocycles. The molecule has 25 heavy (non-hydrogen) atoms. The van der Waals surface area contributed by atoms with Crippen LogP contribution >= 0.6 is 0 Å². The fraction of sp³-hybridized carbons (Fsp3) is 0.312. The van der Waals surface area contributed by atoms with Crippen LogP contribution in [0, 0.1) is 10.1 Å². The molecule has 1 aliphatic rings. The first-order valence-corrected chi connectivity index (χ1v) is 7.86. The van der Waals surface area contributed by atoms with Gasteiger partial charge in [-0.1, -0.05) is 6.07 Å². The molecule has 2 heterocycles. The molecule has 0 aliphatic carbocycles. The molecule has 2 N–H and O–H groups in total. The van der Waals surface area contributed by atoms with Crippen LogP contribution in [0.15, 0.2) is 36.5 Å². The van der Waals surface area contributed by atoms with Gasteiger partial charge in [0.15, 0.2) is 5.75 Å². The number of phenolic OH excluding ortho intramolecular Hbond substituents is 1. The van der Waals surface area contributed by atoms with Crippen molar-refractivity contribution in [2.75, 3.05) is 18.4 Å². The van der Waals surface area contributed by atoms with E-state index in [-0.39, 0.29) is 11.6 Å². The van der Waals surface area contributed by atoms with E-state index in [4.69, 9.17) is 0 Å². The van der Waals surface area contributed by atoms with Crippen molar-refractivity contribution in [1.82, 2.24) is 15.1 Å². The molecule has 1 fully saturated rings. The molecule has 2 aromatic rings. The number of hydrogen-bond donors (Lipinski definition) is 2. The Morgan fingerprint density at radius 1 is 1.28 bits per heavy atom. The Morgan fingerprint density at radius 2 is 2.04 bits per heavy atom. The molecule has 1 aromatic heterocycles. The number of hydrogen-bond acceptors (Lipinski definition) is 7. The molecular weight excluding hydrogens is 326 g/mol. The fourth-order valence-corrected chi connectivity index (χ4v) is 2.88. The van der Waals surface area contributed by atoms with E-state index in [0.717, 1.165) is 0 Å². The first-order chi connectivity index (χ1) is 12.1. The van der Waals surface area contributed by atoms with Gasteiger partial charge in [-0.2, -0.15) is 5.10 Å². The summed E-state index contributed by atoms with van der Waals surface area (Å²) < 4.78 is 0. The number of nitro groups is 1. The van der Waals surface area contributed by atoms with Gasteiger partial charge in [-0.3, -0.25) is 14.9 Å². The number of rotatable bonds is 4. The first kappa shape index (κ1) is 16.6. The minimum Gasteiger partial charge on any atom is -0.502 e. The number of anilines is 1. The number of carbonyl (C=O) groups excluding carboxylic acids is 1. The number of carbonyl (C=O) groups is 1. The fourth-order valence-electron chi connectivity index (χ4n) is 2.88. The number of likely N-dealkylation sites (tertiary alicyclic amines) is 1. The van der Waals surface area contributed by atoms with E-state index in [1.165, 1.54) is 18.2 Å². The summed E-state index contributed by atoms with van der Waals surface area (Å²) in [6.45, 7) is 0.924. The van der Waals surface area contributed by atoms with Gasteiger partial charge >= 0.3 is 5.69 Å². The van der Waals surface area contributed by atoms with E-state index in [1.807, 2.05) is 6.07 Å². The molecule has 0 atom stereocenters. The van der Waals surface area contributed by atoms with Crippen LogP contribution in [-0.4, -0.2) is 50.2 Å². The summed E-state index contributed by atoms with van der Waals surface area (Å²) in [5, 5.41) is 31.8. The van der Waals surface area contributed by atoms with Crippen LogP contribution < -0.4 is 5.32 Å². The Kier molecular flexibility index (Phi) is 4.73. The Bertz CT molecular complexity index is 775. The quantitative estimate of drug-likeness (QED) is 0.641. The monoisotopic (exact) mass is 343 g/mol. The highest BCUT2D eigenvalue weighted by Crippen LogP contribution is 2.31. The van der Waals surface area contributed by atoms with E-state index >= 15 is 0 Å². The van der Waals surface area contributed by atoms with Crippen molar-refractivity contribution in [2.45, 2.75) is 18.9 Å². The molecular formula is C16H17N5O4. The van der Waals surface area contributed by atoms with E-state index in [1.54, 1.807) is 17.2 Å². The molecule has 0 spiro atoms. The molecule has 0 unspecified atom stereocenters. The zero-order valence-electron chi connectivity index (χ0n) is 13.3. The summed E-state index contributed by atoms with van der Waals surface area (Å²) in [7, 11) is 0. The smallest absolute Gasteiger partial charge is 0.323 e. The van der Waals surface area contributed by atoms with Gasteiger partial charge in [0.05, 0.1) is 4.92 Å². The summed E-state index contributed by atoms with van der Waals surface area (Å²) >= 11 is 0. The van der Waals surface area contributed by atoms with Gasteiger partial charge in [0.1, 0.15) is 11.4 Å². The maximum Gasteiger partial charge on any atom is 0.323 e. The predicted molar refractivity (Wildman–Crippen MR) is 89.3 cm³/mol. The predicted octanol–water partition coefficient (Wildman–Crippen LogP) is 1.81. The first-order valence-electron chi connectivity index (χ1n) is 7.86. The highest BCUT2D eigenvalue weighted by molar-refractivity contribution is 5.99. The number of amides is 1. The van der Waals surface area contributed by atoms with Crippen LogP contribution in [0.1, 0.15) is 23.2 Å². The third-order valence-corrected chi connectivity index (χ3v) is 4.13. The van der Waals surface area contributed by atoms with Crippen molar-refractivity contribution in [2.24, 2.45) is 0 Å². The lowest BCUT2D eigenvalue weighted by Gasteiger charge is -2.32. The van der Waals surface area contributed by atoms with Crippen molar-refractivity contribution in [3.05, 3.63) is 52.2 Å². The Balaban J connectivity index is 1.66. The second kappa shape index (κ2) is 7.12. The number of piperidine rings is 1. The van der Waals surface area contributed by atoms with Gasteiger partial charge in [0.25, 0.3) is 5.91 Å². The van der Waals surface area contributed by atoms with Gasteiger partial charge in [0, 0.05) is 25.3 Å². The summed E-state index contributed by atoms with van der Waals surface area (Å²) in [5.41, 5.74) is -0.641. The lowest BCUT2D eigenvalue weighted by atomic mass is 10.0. The van der Waals surface area contributed by atoms with Crippen LogP contribution in [0.5, 0.6) is 5.75 Å². The summed E-state index contributed by atoms with van der Waals surface area (Å²) in [4.78, 5) is 24.6. The zero-order chi connectivity index (χ0) is 17.8. The van der Waals surface area contributed by atoms with E-state index in [0.29, 0.717) is 31.7 Å². The van der Waals surface area contributed by atoms with Crippen molar-refractivity contribution < 1.29 is 14.8 Å². The average Bonchev–Trinajstić information content (AvgIpc) is 2.62. The highest BCUT2D eigenvalue weighted by atomic mass is 16.6. The Morgan fingerprint density at radius 3 is 2.68 bits per heavy atom. The minimum absolute atomic E-state index is 0.0923. The Labute approximate surface area is 143 Å². The number of benzene rings is 1. The lowest BCUT2D eigenvalue weighted by Crippen LogP contribution is -2.42. The van der Waals surface area contributed by atoms with Crippen LogP contribution in [0.4, 0.5) is 11.5 Å². The molecule has 1 saturated heterocycles. The average molecular weight is 343 g/mol. The topological polar surface area (TPSA) is 121 Å². The third kappa shape index (κ3) is 3.65. The number of aromatic hydroxyl groups is 1. The maximum atomic E-state index is 12.6. The Hall–Kier alpha value is -3.23. The number of para-hydroxylation sites is 1. The number of aromatic nitrogens is 2. The van der Waals surface area contributed by atoms with E-state index < -0.39 is 22.3 Å². The largest absolute Gasteiger partial charge is 0.502 e. The van der Waals surface area contributed by atoms with Crippen molar-refractivity contribution in [3.63, 3.8) is 0 Å². The summed E-state index contributed by atoms with van der Waals surface area (Å²) in [6.07, 6.45) is 2.97. The standard InChI is InChI=1S/C16H17N5O4/c22-13-4-1-3-12(15(13)21(24)25)16(23)20-9-6-11(7-10-20)18-14-5-2-8-17-19-14/h1-5,8,11,22H,6-7,9-10H2,(H,18,19). The number of phenols is 1. The van der Waals surface area contributed by atoms with Crippen molar-refractivity contribution >= 4 is 17.4 Å². The van der Waals surface area contributed by atoms with E-state index in [2.05, 4.69) is 15.5 Å². The van der Waals surface area contributed by atoms with Gasteiger partial charge < -0.3 is 15.3 Å². The van der Waals surface area contributed by atoms with E-state index in [9.17, 15) is 20.0 Å². The SMILES string of the molecule is O=C(c1cccc(O)c1[N+](=O)[O-])N1CCC(Nc2cccnn2)CC1. The van der Waals surface area contributed by atoms with Crippen LogP contribution in [0.3, 0.4) is 0 Å².